The monoisotopic (exact) mass is 360 g/mol. The molecule has 134 valence electrons. The van der Waals surface area contributed by atoms with Gasteiger partial charge in [-0.2, -0.15) is 0 Å². The third kappa shape index (κ3) is 11.6. The smallest absolute Gasteiger partial charge is 0.378 e. The molecule has 0 spiro atoms. The van der Waals surface area contributed by atoms with Crippen molar-refractivity contribution in [2.75, 3.05) is 58.6 Å². The van der Waals surface area contributed by atoms with E-state index in [9.17, 15) is 4.21 Å². The van der Waals surface area contributed by atoms with E-state index in [1.807, 2.05) is 20.8 Å². The summed E-state index contributed by atoms with van der Waals surface area (Å²) < 4.78 is 51.6. The number of hydrogen-bond donors (Lipinski definition) is 1. The van der Waals surface area contributed by atoms with Crippen molar-refractivity contribution in [3.8, 4) is 0 Å². The molecule has 0 aromatic rings. The molecular formula is C12H28O8SSi. The average molecular weight is 361 g/mol. The van der Waals surface area contributed by atoms with Crippen molar-refractivity contribution < 1.29 is 35.9 Å². The fraction of sp³-hybridized carbons (Fsp3) is 1.00. The molecule has 0 aliphatic carbocycles. The van der Waals surface area contributed by atoms with Gasteiger partial charge in [-0.15, -0.1) is 0 Å². The lowest BCUT2D eigenvalue weighted by molar-refractivity contribution is -0.0424. The average Bonchev–Trinajstić information content (AvgIpc) is 2.46. The van der Waals surface area contributed by atoms with Gasteiger partial charge < -0.3 is 31.7 Å². The van der Waals surface area contributed by atoms with Crippen molar-refractivity contribution in [2.45, 2.75) is 20.8 Å². The number of ether oxygens (including phenoxy) is 2. The van der Waals surface area contributed by atoms with E-state index in [4.69, 9.17) is 31.7 Å². The summed E-state index contributed by atoms with van der Waals surface area (Å²) >= 11 is -1.82. The van der Waals surface area contributed by atoms with Gasteiger partial charge in [0.1, 0.15) is 0 Å². The minimum absolute atomic E-state index is 0.105. The molecule has 0 aliphatic rings. The van der Waals surface area contributed by atoms with E-state index >= 15 is 0 Å². The highest BCUT2D eigenvalue weighted by atomic mass is 32.2. The molecule has 1 atom stereocenters. The molecule has 22 heavy (non-hydrogen) atoms. The van der Waals surface area contributed by atoms with E-state index in [-0.39, 0.29) is 12.4 Å². The van der Waals surface area contributed by atoms with E-state index in [1.54, 1.807) is 0 Å². The van der Waals surface area contributed by atoms with Crippen LogP contribution in [0.1, 0.15) is 20.8 Å². The van der Waals surface area contributed by atoms with Crippen LogP contribution in [0, 0.1) is 0 Å². The quantitative estimate of drug-likeness (QED) is 0.245. The fourth-order valence-corrected chi connectivity index (χ4v) is 3.61. The Balaban J connectivity index is 3.77. The molecule has 8 nitrogen and oxygen atoms in total. The summed E-state index contributed by atoms with van der Waals surface area (Å²) in [5.74, 6) is 0.105. The van der Waals surface area contributed by atoms with E-state index in [0.29, 0.717) is 46.2 Å². The maximum atomic E-state index is 10.4. The van der Waals surface area contributed by atoms with Crippen molar-refractivity contribution >= 4 is 20.1 Å². The Labute approximate surface area is 136 Å². The highest BCUT2D eigenvalue weighted by molar-refractivity contribution is 7.79. The van der Waals surface area contributed by atoms with Crippen LogP contribution >= 0.6 is 0 Å². The molecule has 0 aromatic carbocycles. The van der Waals surface area contributed by atoms with Gasteiger partial charge in [-0.1, -0.05) is 0 Å². The largest absolute Gasteiger partial charge is 0.679 e. The first-order chi connectivity index (χ1) is 10.6. The lowest BCUT2D eigenvalue weighted by Gasteiger charge is -2.26. The van der Waals surface area contributed by atoms with Gasteiger partial charge in [-0.3, -0.25) is 0 Å². The molecule has 0 saturated carbocycles. The molecular weight excluding hydrogens is 332 g/mol. The number of hydrogen-bond acceptors (Lipinski definition) is 7. The van der Waals surface area contributed by atoms with Crippen molar-refractivity contribution in [1.29, 1.82) is 0 Å². The summed E-state index contributed by atoms with van der Waals surface area (Å²) in [6.45, 7) is 8.56. The van der Waals surface area contributed by atoms with Crippen LogP contribution < -0.4 is 0 Å². The van der Waals surface area contributed by atoms with Crippen LogP contribution in [-0.4, -0.2) is 76.4 Å². The second kappa shape index (κ2) is 14.7. The summed E-state index contributed by atoms with van der Waals surface area (Å²) in [6, 6.07) is 0. The fourth-order valence-electron chi connectivity index (χ4n) is 1.46. The zero-order chi connectivity index (χ0) is 16.7. The lowest BCUT2D eigenvalue weighted by atomic mass is 10.7. The Morgan fingerprint density at radius 1 is 0.773 bits per heavy atom. The summed E-state index contributed by atoms with van der Waals surface area (Å²) in [5.41, 5.74) is 0. The van der Waals surface area contributed by atoms with Crippen LogP contribution in [0.4, 0.5) is 0 Å². The van der Waals surface area contributed by atoms with Gasteiger partial charge in [0, 0.05) is 19.8 Å². The van der Waals surface area contributed by atoms with Crippen molar-refractivity contribution in [2.24, 2.45) is 0 Å². The van der Waals surface area contributed by atoms with Crippen molar-refractivity contribution in [1.82, 2.24) is 0 Å². The molecule has 0 aromatic heterocycles. The van der Waals surface area contributed by atoms with Gasteiger partial charge in [-0.05, 0) is 20.8 Å². The molecule has 10 heteroatoms. The van der Waals surface area contributed by atoms with Gasteiger partial charge in [0.25, 0.3) is 0 Å². The summed E-state index contributed by atoms with van der Waals surface area (Å²) in [4.78, 5) is 0. The van der Waals surface area contributed by atoms with E-state index in [2.05, 4.69) is 0 Å². The third-order valence-electron chi connectivity index (χ3n) is 2.24. The van der Waals surface area contributed by atoms with E-state index in [1.165, 1.54) is 0 Å². The number of rotatable bonds is 16. The topological polar surface area (TPSA) is 92.7 Å². The van der Waals surface area contributed by atoms with Gasteiger partial charge in [0.15, 0.2) is 11.1 Å². The molecule has 0 aliphatic heterocycles. The summed E-state index contributed by atoms with van der Waals surface area (Å²) in [5, 5.41) is 0. The molecule has 0 radical (unpaired) electrons. The second-order valence-electron chi connectivity index (χ2n) is 3.90. The van der Waals surface area contributed by atoms with Crippen LogP contribution in [0.3, 0.4) is 0 Å². The maximum absolute atomic E-state index is 10.4. The molecule has 0 rings (SSSR count). The van der Waals surface area contributed by atoms with Gasteiger partial charge in [0.2, 0.25) is 0 Å². The molecule has 0 bridgehead atoms. The van der Waals surface area contributed by atoms with E-state index in [0.717, 1.165) is 0 Å². The summed E-state index contributed by atoms with van der Waals surface area (Å²) in [7, 11) is -3.06. The minimum Gasteiger partial charge on any atom is -0.378 e. The molecule has 0 amide bonds. The normalized spacial score (nSPS) is 13.5. The van der Waals surface area contributed by atoms with Gasteiger partial charge in [-0.25, -0.2) is 4.21 Å². The summed E-state index contributed by atoms with van der Waals surface area (Å²) in [6.07, 6.45) is 0. The Morgan fingerprint density at radius 2 is 1.23 bits per heavy atom. The molecule has 0 heterocycles. The zero-order valence-electron chi connectivity index (χ0n) is 13.6. The Hall–Kier alpha value is 0.0869. The van der Waals surface area contributed by atoms with Crippen LogP contribution in [0.15, 0.2) is 0 Å². The van der Waals surface area contributed by atoms with E-state index < -0.39 is 20.1 Å². The predicted molar refractivity (Wildman–Crippen MR) is 83.9 cm³/mol. The zero-order valence-corrected chi connectivity index (χ0v) is 15.4. The highest BCUT2D eigenvalue weighted by Gasteiger charge is 2.44. The SMILES string of the molecule is CCO[Si](OCC)(OCC)OCCOCCOCCS(=O)O. The Kier molecular flexibility index (Phi) is 14.7. The first-order valence-electron chi connectivity index (χ1n) is 7.39. The first-order valence-corrected chi connectivity index (χ1v) is 10.3. The molecule has 1 unspecified atom stereocenters. The Morgan fingerprint density at radius 3 is 1.68 bits per heavy atom. The molecule has 1 N–H and O–H groups in total. The first kappa shape index (κ1) is 22.1. The van der Waals surface area contributed by atoms with Crippen LogP contribution in [0.5, 0.6) is 0 Å². The van der Waals surface area contributed by atoms with Gasteiger partial charge in [0.05, 0.1) is 38.8 Å². The highest BCUT2D eigenvalue weighted by Crippen LogP contribution is 2.11. The van der Waals surface area contributed by atoms with Crippen molar-refractivity contribution in [3.63, 3.8) is 0 Å². The van der Waals surface area contributed by atoms with Crippen LogP contribution in [-0.2, 0) is 38.3 Å². The maximum Gasteiger partial charge on any atom is 0.679 e. The Bertz CT molecular complexity index is 265. The molecule has 0 fully saturated rings. The van der Waals surface area contributed by atoms with Crippen molar-refractivity contribution in [3.05, 3.63) is 0 Å². The molecule has 0 saturated heterocycles. The predicted octanol–water partition coefficient (Wildman–Crippen LogP) is 0.803. The lowest BCUT2D eigenvalue weighted by Crippen LogP contribution is -2.50. The third-order valence-corrected chi connectivity index (χ3v) is 5.24. The van der Waals surface area contributed by atoms with Gasteiger partial charge >= 0.3 is 9.05 Å². The van der Waals surface area contributed by atoms with Crippen LogP contribution in [0.25, 0.3) is 0 Å². The minimum atomic E-state index is -3.06. The van der Waals surface area contributed by atoms with Crippen LogP contribution in [0.2, 0.25) is 0 Å². The standard InChI is InChI=1S/C12H28O8SSi/c1-4-17-22(18-5-2,19-6-3)20-10-9-15-7-8-16-11-12-21(13)14/h4-12H2,1-3H3,(H,13,14). The second-order valence-corrected chi connectivity index (χ2v) is 7.10.